The molecule has 0 spiro atoms. The summed E-state index contributed by atoms with van der Waals surface area (Å²) in [6.45, 7) is 3.63. The van der Waals surface area contributed by atoms with E-state index in [0.29, 0.717) is 12.0 Å². The Morgan fingerprint density at radius 1 is 1.11 bits per heavy atom. The van der Waals surface area contributed by atoms with Crippen LogP contribution in [-0.2, 0) is 4.79 Å². The molecule has 18 heavy (non-hydrogen) atoms. The van der Waals surface area contributed by atoms with Crippen LogP contribution in [0.15, 0.2) is 0 Å². The van der Waals surface area contributed by atoms with Crippen LogP contribution in [0, 0.1) is 10.8 Å². The molecule has 0 bridgehead atoms. The number of nitrogens with one attached hydrogen (secondary N) is 1. The molecule has 0 radical (unpaired) electrons. The molecule has 3 N–H and O–H groups in total. The second kappa shape index (κ2) is 5.60. The molecule has 104 valence electrons. The number of carbonyl (C=O) groups excluding carboxylic acids is 1. The molecule has 0 saturated heterocycles. The van der Waals surface area contributed by atoms with Crippen LogP contribution >= 0.6 is 0 Å². The van der Waals surface area contributed by atoms with Crippen LogP contribution < -0.4 is 11.1 Å². The molecule has 3 nitrogen and oxygen atoms in total. The fourth-order valence-corrected chi connectivity index (χ4v) is 3.81. The van der Waals surface area contributed by atoms with Gasteiger partial charge in [0.25, 0.3) is 0 Å². The van der Waals surface area contributed by atoms with Gasteiger partial charge in [0.15, 0.2) is 0 Å². The highest BCUT2D eigenvalue weighted by Gasteiger charge is 2.41. The maximum Gasteiger partial charge on any atom is 0.227 e. The highest BCUT2D eigenvalue weighted by molar-refractivity contribution is 5.83. The summed E-state index contributed by atoms with van der Waals surface area (Å²) in [5, 5.41) is 3.23. The van der Waals surface area contributed by atoms with Gasteiger partial charge in [-0.15, -0.1) is 0 Å². The molecular formula is C15H28N2O. The molecule has 0 aromatic carbocycles. The molecule has 2 rings (SSSR count). The lowest BCUT2D eigenvalue weighted by Crippen LogP contribution is -2.47. The van der Waals surface area contributed by atoms with Crippen molar-refractivity contribution in [1.29, 1.82) is 0 Å². The predicted molar refractivity (Wildman–Crippen MR) is 74.2 cm³/mol. The Balaban J connectivity index is 1.91. The molecule has 2 aliphatic rings. The first-order valence-corrected chi connectivity index (χ1v) is 7.65. The van der Waals surface area contributed by atoms with E-state index >= 15 is 0 Å². The number of amides is 1. The van der Waals surface area contributed by atoms with Crippen LogP contribution in [0.1, 0.15) is 64.7 Å². The highest BCUT2D eigenvalue weighted by atomic mass is 16.2. The average molecular weight is 252 g/mol. The quantitative estimate of drug-likeness (QED) is 0.790. The van der Waals surface area contributed by atoms with Crippen LogP contribution in [0.3, 0.4) is 0 Å². The predicted octanol–water partition coefficient (Wildman–Crippen LogP) is 2.59. The molecular weight excluding hydrogens is 224 g/mol. The van der Waals surface area contributed by atoms with Gasteiger partial charge in [-0.3, -0.25) is 4.79 Å². The van der Waals surface area contributed by atoms with Gasteiger partial charge in [0.05, 0.1) is 5.41 Å². The molecule has 2 aliphatic carbocycles. The van der Waals surface area contributed by atoms with Crippen LogP contribution in [0.2, 0.25) is 0 Å². The van der Waals surface area contributed by atoms with Gasteiger partial charge in [0, 0.05) is 13.1 Å². The largest absolute Gasteiger partial charge is 0.355 e. The standard InChI is InChI=1S/C15H28N2O/c1-2-14(7-3-4-8-14)12-17-13(18)15(11-16)9-5-6-10-15/h2-12,16H2,1H3,(H,17,18). The first kappa shape index (κ1) is 13.9. The van der Waals surface area contributed by atoms with Crippen molar-refractivity contribution in [3.63, 3.8) is 0 Å². The summed E-state index contributed by atoms with van der Waals surface area (Å²) in [5.41, 5.74) is 5.99. The summed E-state index contributed by atoms with van der Waals surface area (Å²) in [7, 11) is 0. The monoisotopic (exact) mass is 252 g/mol. The van der Waals surface area contributed by atoms with Gasteiger partial charge in [-0.05, 0) is 37.5 Å². The Bertz CT molecular complexity index is 289. The Labute approximate surface area is 111 Å². The van der Waals surface area contributed by atoms with Crippen molar-refractivity contribution >= 4 is 5.91 Å². The third kappa shape index (κ3) is 2.56. The van der Waals surface area contributed by atoms with Crippen molar-refractivity contribution in [2.24, 2.45) is 16.6 Å². The fraction of sp³-hybridized carbons (Fsp3) is 0.933. The third-order valence-corrected chi connectivity index (χ3v) is 5.47. The van der Waals surface area contributed by atoms with E-state index < -0.39 is 0 Å². The topological polar surface area (TPSA) is 55.1 Å². The van der Waals surface area contributed by atoms with E-state index in [1.54, 1.807) is 0 Å². The number of carbonyl (C=O) groups is 1. The van der Waals surface area contributed by atoms with Crippen molar-refractivity contribution < 1.29 is 4.79 Å². The normalized spacial score (nSPS) is 25.2. The Hall–Kier alpha value is -0.570. The first-order chi connectivity index (χ1) is 8.66. The van der Waals surface area contributed by atoms with E-state index in [1.165, 1.54) is 32.1 Å². The minimum absolute atomic E-state index is 0.224. The molecule has 2 saturated carbocycles. The zero-order valence-electron chi connectivity index (χ0n) is 11.8. The van der Waals surface area contributed by atoms with Gasteiger partial charge in [-0.1, -0.05) is 32.6 Å². The molecule has 0 aromatic rings. The van der Waals surface area contributed by atoms with Gasteiger partial charge in [-0.25, -0.2) is 0 Å². The molecule has 0 aromatic heterocycles. The van der Waals surface area contributed by atoms with E-state index in [1.807, 2.05) is 0 Å². The lowest BCUT2D eigenvalue weighted by Gasteiger charge is -2.31. The van der Waals surface area contributed by atoms with Gasteiger partial charge >= 0.3 is 0 Å². The van der Waals surface area contributed by atoms with Crippen molar-refractivity contribution in [1.82, 2.24) is 5.32 Å². The minimum atomic E-state index is -0.243. The molecule has 3 heteroatoms. The SMILES string of the molecule is CCC1(CNC(=O)C2(CN)CCCC2)CCCC1. The Morgan fingerprint density at radius 2 is 1.67 bits per heavy atom. The second-order valence-corrected chi connectivity index (χ2v) is 6.43. The summed E-state index contributed by atoms with van der Waals surface area (Å²) in [6.07, 6.45) is 10.7. The second-order valence-electron chi connectivity index (χ2n) is 6.43. The molecule has 0 aliphatic heterocycles. The smallest absolute Gasteiger partial charge is 0.227 e. The van der Waals surface area contributed by atoms with Crippen LogP contribution in [-0.4, -0.2) is 19.0 Å². The van der Waals surface area contributed by atoms with Gasteiger partial charge < -0.3 is 11.1 Å². The van der Waals surface area contributed by atoms with Crippen LogP contribution in [0.25, 0.3) is 0 Å². The highest BCUT2D eigenvalue weighted by Crippen LogP contribution is 2.41. The van der Waals surface area contributed by atoms with Crippen molar-refractivity contribution in [2.45, 2.75) is 64.7 Å². The van der Waals surface area contributed by atoms with Gasteiger partial charge in [-0.2, -0.15) is 0 Å². The third-order valence-electron chi connectivity index (χ3n) is 5.47. The molecule has 2 fully saturated rings. The molecule has 1 amide bonds. The molecule has 0 heterocycles. The Morgan fingerprint density at radius 3 is 2.17 bits per heavy atom. The summed E-state index contributed by atoms with van der Waals surface area (Å²) in [6, 6.07) is 0. The molecule has 0 atom stereocenters. The van der Waals surface area contributed by atoms with Crippen molar-refractivity contribution in [3.05, 3.63) is 0 Å². The lowest BCUT2D eigenvalue weighted by atomic mass is 9.81. The number of nitrogens with two attached hydrogens (primary N) is 1. The summed E-state index contributed by atoms with van der Waals surface area (Å²) in [4.78, 5) is 12.4. The van der Waals surface area contributed by atoms with Crippen molar-refractivity contribution in [3.8, 4) is 0 Å². The van der Waals surface area contributed by atoms with E-state index in [4.69, 9.17) is 5.73 Å². The maximum atomic E-state index is 12.4. The van der Waals surface area contributed by atoms with Crippen molar-refractivity contribution in [2.75, 3.05) is 13.1 Å². The van der Waals surface area contributed by atoms with Crippen LogP contribution in [0.5, 0.6) is 0 Å². The molecule has 0 unspecified atom stereocenters. The number of hydrogen-bond acceptors (Lipinski definition) is 2. The van der Waals surface area contributed by atoms with E-state index in [0.717, 1.165) is 32.2 Å². The zero-order valence-corrected chi connectivity index (χ0v) is 11.8. The summed E-state index contributed by atoms with van der Waals surface area (Å²) in [5.74, 6) is 0.224. The van der Waals surface area contributed by atoms with E-state index in [9.17, 15) is 4.79 Å². The average Bonchev–Trinajstić information content (AvgIpc) is 3.06. The van der Waals surface area contributed by atoms with Gasteiger partial charge in [0.2, 0.25) is 5.91 Å². The fourth-order valence-electron chi connectivity index (χ4n) is 3.81. The van der Waals surface area contributed by atoms with E-state index in [2.05, 4.69) is 12.2 Å². The maximum absolute atomic E-state index is 12.4. The zero-order chi connectivity index (χ0) is 13.1. The summed E-state index contributed by atoms with van der Waals surface area (Å²) < 4.78 is 0. The van der Waals surface area contributed by atoms with E-state index in [-0.39, 0.29) is 11.3 Å². The Kier molecular flexibility index (Phi) is 4.31. The summed E-state index contributed by atoms with van der Waals surface area (Å²) >= 11 is 0. The van der Waals surface area contributed by atoms with Crippen LogP contribution in [0.4, 0.5) is 0 Å². The van der Waals surface area contributed by atoms with Gasteiger partial charge in [0.1, 0.15) is 0 Å². The first-order valence-electron chi connectivity index (χ1n) is 7.65. The lowest BCUT2D eigenvalue weighted by molar-refractivity contribution is -0.130. The number of hydrogen-bond donors (Lipinski definition) is 2. The number of rotatable bonds is 5. The minimum Gasteiger partial charge on any atom is -0.355 e.